The minimum absolute atomic E-state index is 0.620. The molecule has 0 fully saturated rings. The van der Waals surface area contributed by atoms with Crippen LogP contribution in [0.5, 0.6) is 0 Å². The lowest BCUT2D eigenvalue weighted by Gasteiger charge is -2.10. The topological polar surface area (TPSA) is 12.0 Å². The molecule has 0 radical (unpaired) electrons. The molecule has 0 aromatic rings. The van der Waals surface area contributed by atoms with Crippen LogP contribution in [0.3, 0.4) is 0 Å². The first-order valence-electron chi connectivity index (χ1n) is 5.20. The van der Waals surface area contributed by atoms with Crippen molar-refractivity contribution < 1.29 is 0 Å². The van der Waals surface area contributed by atoms with Gasteiger partial charge in [0.2, 0.25) is 0 Å². The molecule has 12 heavy (non-hydrogen) atoms. The summed E-state index contributed by atoms with van der Waals surface area (Å²) in [5.41, 5.74) is 1.63. The van der Waals surface area contributed by atoms with Gasteiger partial charge in [0, 0.05) is 12.6 Å². The molecule has 0 bridgehead atoms. The molecule has 1 rings (SSSR count). The lowest BCUT2D eigenvalue weighted by Crippen LogP contribution is -2.24. The predicted octanol–water partition coefficient (Wildman–Crippen LogP) is 2.87. The van der Waals surface area contributed by atoms with Crippen molar-refractivity contribution in [2.24, 2.45) is 0 Å². The molecule has 0 aromatic carbocycles. The van der Waals surface area contributed by atoms with E-state index in [0.717, 1.165) is 6.54 Å². The maximum absolute atomic E-state index is 3.47. The van der Waals surface area contributed by atoms with E-state index in [-0.39, 0.29) is 0 Å². The van der Waals surface area contributed by atoms with Gasteiger partial charge in [-0.15, -0.1) is 0 Å². The van der Waals surface area contributed by atoms with Gasteiger partial charge in [0.05, 0.1) is 0 Å². The fourth-order valence-electron chi connectivity index (χ4n) is 1.58. The third kappa shape index (κ3) is 3.91. The maximum atomic E-state index is 3.47. The molecule has 0 spiro atoms. The fraction of sp³-hybridized carbons (Fsp3) is 0.818. The number of hydrogen-bond acceptors (Lipinski definition) is 1. The summed E-state index contributed by atoms with van der Waals surface area (Å²) in [5.74, 6) is 0. The van der Waals surface area contributed by atoms with Crippen molar-refractivity contribution in [2.75, 3.05) is 6.54 Å². The average Bonchev–Trinajstić information content (AvgIpc) is 2.28. The monoisotopic (exact) mass is 167 g/mol. The van der Waals surface area contributed by atoms with Crippen LogP contribution in [-0.4, -0.2) is 12.6 Å². The second kappa shape index (κ2) is 5.36. The number of hydrogen-bond donors (Lipinski definition) is 1. The molecule has 1 N–H and O–H groups in total. The van der Waals surface area contributed by atoms with Crippen LogP contribution in [0.1, 0.15) is 46.0 Å². The smallest absolute Gasteiger partial charge is 0.0166 e. The maximum Gasteiger partial charge on any atom is 0.0166 e. The van der Waals surface area contributed by atoms with E-state index < -0.39 is 0 Å². The highest BCUT2D eigenvalue weighted by atomic mass is 14.9. The first kappa shape index (κ1) is 9.79. The summed E-state index contributed by atoms with van der Waals surface area (Å²) in [6.07, 6.45) is 9.26. The van der Waals surface area contributed by atoms with Crippen LogP contribution in [0.15, 0.2) is 11.6 Å². The van der Waals surface area contributed by atoms with Gasteiger partial charge in [-0.1, -0.05) is 31.9 Å². The summed E-state index contributed by atoms with van der Waals surface area (Å²) in [6, 6.07) is 0.620. The molecule has 1 aliphatic carbocycles. The lowest BCUT2D eigenvalue weighted by atomic mass is 10.1. The predicted molar refractivity (Wildman–Crippen MR) is 54.3 cm³/mol. The molecule has 0 aromatic heterocycles. The van der Waals surface area contributed by atoms with E-state index in [1.165, 1.54) is 32.1 Å². The van der Waals surface area contributed by atoms with Crippen LogP contribution >= 0.6 is 0 Å². The zero-order valence-corrected chi connectivity index (χ0v) is 8.40. The molecule has 1 nitrogen and oxygen atoms in total. The van der Waals surface area contributed by atoms with Gasteiger partial charge >= 0.3 is 0 Å². The molecule has 0 saturated carbocycles. The van der Waals surface area contributed by atoms with Crippen molar-refractivity contribution in [3.05, 3.63) is 11.6 Å². The average molecular weight is 167 g/mol. The molecular weight excluding hydrogens is 146 g/mol. The van der Waals surface area contributed by atoms with Gasteiger partial charge in [-0.05, 0) is 25.7 Å². The highest BCUT2D eigenvalue weighted by molar-refractivity contribution is 5.05. The standard InChI is InChI=1S/C11H21N/c1-10(2)12-9-11-7-5-3-4-6-8-11/h7,10,12H,3-6,8-9H2,1-2H3. The summed E-state index contributed by atoms with van der Waals surface area (Å²) < 4.78 is 0. The molecule has 1 aliphatic rings. The minimum atomic E-state index is 0.620. The molecule has 0 atom stereocenters. The largest absolute Gasteiger partial charge is 0.311 e. The second-order valence-electron chi connectivity index (χ2n) is 4.00. The normalized spacial score (nSPS) is 19.1. The molecule has 0 unspecified atom stereocenters. The van der Waals surface area contributed by atoms with Crippen molar-refractivity contribution >= 4 is 0 Å². The van der Waals surface area contributed by atoms with Gasteiger partial charge in [0.15, 0.2) is 0 Å². The number of nitrogens with one attached hydrogen (secondary N) is 1. The first-order valence-corrected chi connectivity index (χ1v) is 5.20. The van der Waals surface area contributed by atoms with Crippen molar-refractivity contribution in [3.8, 4) is 0 Å². The Morgan fingerprint density at radius 3 is 2.92 bits per heavy atom. The quantitative estimate of drug-likeness (QED) is 0.637. The highest BCUT2D eigenvalue weighted by Gasteiger charge is 2.02. The summed E-state index contributed by atoms with van der Waals surface area (Å²) in [7, 11) is 0. The van der Waals surface area contributed by atoms with Gasteiger partial charge in [-0.2, -0.15) is 0 Å². The van der Waals surface area contributed by atoms with E-state index in [9.17, 15) is 0 Å². The van der Waals surface area contributed by atoms with Crippen LogP contribution in [0.2, 0.25) is 0 Å². The Morgan fingerprint density at radius 1 is 1.33 bits per heavy atom. The van der Waals surface area contributed by atoms with Crippen LogP contribution in [0.4, 0.5) is 0 Å². The summed E-state index contributed by atoms with van der Waals surface area (Å²) in [6.45, 7) is 5.52. The van der Waals surface area contributed by atoms with Crippen LogP contribution in [0, 0.1) is 0 Å². The Balaban J connectivity index is 2.24. The Kier molecular flexibility index (Phi) is 4.37. The lowest BCUT2D eigenvalue weighted by molar-refractivity contribution is 0.607. The van der Waals surface area contributed by atoms with E-state index in [4.69, 9.17) is 0 Å². The second-order valence-corrected chi connectivity index (χ2v) is 4.00. The van der Waals surface area contributed by atoms with Gasteiger partial charge in [-0.3, -0.25) is 0 Å². The van der Waals surface area contributed by atoms with Crippen molar-refractivity contribution in [1.82, 2.24) is 5.32 Å². The Bertz CT molecular complexity index is 147. The van der Waals surface area contributed by atoms with E-state index in [0.29, 0.717) is 6.04 Å². The van der Waals surface area contributed by atoms with Crippen LogP contribution < -0.4 is 5.32 Å². The Labute approximate surface area is 76.2 Å². The fourth-order valence-corrected chi connectivity index (χ4v) is 1.58. The number of allylic oxidation sites excluding steroid dienone is 1. The molecule has 0 saturated heterocycles. The minimum Gasteiger partial charge on any atom is -0.311 e. The third-order valence-electron chi connectivity index (χ3n) is 2.37. The molecule has 70 valence electrons. The van der Waals surface area contributed by atoms with Crippen molar-refractivity contribution in [1.29, 1.82) is 0 Å². The van der Waals surface area contributed by atoms with Gasteiger partial charge < -0.3 is 5.32 Å². The van der Waals surface area contributed by atoms with Crippen molar-refractivity contribution in [3.63, 3.8) is 0 Å². The van der Waals surface area contributed by atoms with Gasteiger partial charge in [0.25, 0.3) is 0 Å². The summed E-state index contributed by atoms with van der Waals surface area (Å²) in [4.78, 5) is 0. The summed E-state index contributed by atoms with van der Waals surface area (Å²) >= 11 is 0. The molecule has 0 heterocycles. The van der Waals surface area contributed by atoms with Crippen LogP contribution in [-0.2, 0) is 0 Å². The Morgan fingerprint density at radius 2 is 2.17 bits per heavy atom. The molecule has 0 aliphatic heterocycles. The Hall–Kier alpha value is -0.300. The summed E-state index contributed by atoms with van der Waals surface area (Å²) in [5, 5.41) is 3.47. The highest BCUT2D eigenvalue weighted by Crippen LogP contribution is 2.16. The van der Waals surface area contributed by atoms with Crippen LogP contribution in [0.25, 0.3) is 0 Å². The molecular formula is C11H21N. The van der Waals surface area contributed by atoms with E-state index in [1.54, 1.807) is 5.57 Å². The molecule has 0 amide bonds. The van der Waals surface area contributed by atoms with E-state index >= 15 is 0 Å². The zero-order chi connectivity index (χ0) is 8.81. The molecule has 1 heteroatoms. The van der Waals surface area contributed by atoms with E-state index in [2.05, 4.69) is 25.2 Å². The van der Waals surface area contributed by atoms with Gasteiger partial charge in [0.1, 0.15) is 0 Å². The first-order chi connectivity index (χ1) is 5.79. The van der Waals surface area contributed by atoms with Crippen molar-refractivity contribution in [2.45, 2.75) is 52.0 Å². The number of rotatable bonds is 3. The van der Waals surface area contributed by atoms with E-state index in [1.807, 2.05) is 0 Å². The van der Waals surface area contributed by atoms with Gasteiger partial charge in [-0.25, -0.2) is 0 Å². The third-order valence-corrected chi connectivity index (χ3v) is 2.37. The SMILES string of the molecule is CC(C)NCC1=CCCCCC1. The zero-order valence-electron chi connectivity index (χ0n) is 8.40.